The van der Waals surface area contributed by atoms with Crippen LogP contribution in [0.5, 0.6) is 11.5 Å². The summed E-state index contributed by atoms with van der Waals surface area (Å²) in [5.41, 5.74) is 1.16. The summed E-state index contributed by atoms with van der Waals surface area (Å²) in [6.45, 7) is 0.215. The van der Waals surface area contributed by atoms with Gasteiger partial charge in [-0.25, -0.2) is 9.29 Å². The number of nitrogens with zero attached hydrogens (tertiary/aromatic N) is 2. The van der Waals surface area contributed by atoms with E-state index in [1.54, 1.807) is 37.8 Å². The fourth-order valence-electron chi connectivity index (χ4n) is 3.95. The van der Waals surface area contributed by atoms with Crippen molar-refractivity contribution < 1.29 is 28.2 Å². The number of amides is 3. The van der Waals surface area contributed by atoms with Crippen molar-refractivity contribution >= 4 is 34.7 Å². The third-order valence-electron chi connectivity index (χ3n) is 5.67. The number of anilines is 1. The minimum atomic E-state index is -0.952. The van der Waals surface area contributed by atoms with E-state index in [1.807, 2.05) is 12.1 Å². The molecule has 2 heterocycles. The van der Waals surface area contributed by atoms with E-state index < -0.39 is 23.7 Å². The number of methoxy groups -OCH3 is 2. The predicted octanol–water partition coefficient (Wildman–Crippen LogP) is 3.92. The molecular weight excluding hydrogens is 459 g/mol. The molecule has 3 amide bonds. The number of halogens is 1. The minimum absolute atomic E-state index is 0.140. The fraction of sp³-hybridized carbons (Fsp3) is 0.240. The van der Waals surface area contributed by atoms with E-state index in [4.69, 9.17) is 9.47 Å². The van der Waals surface area contributed by atoms with Crippen LogP contribution in [0, 0.1) is 5.82 Å². The van der Waals surface area contributed by atoms with Gasteiger partial charge in [-0.05, 0) is 59.8 Å². The van der Waals surface area contributed by atoms with Crippen molar-refractivity contribution in [1.29, 1.82) is 0 Å². The van der Waals surface area contributed by atoms with Crippen LogP contribution in [0.4, 0.5) is 10.1 Å². The molecule has 34 heavy (non-hydrogen) atoms. The van der Waals surface area contributed by atoms with Gasteiger partial charge in [0.1, 0.15) is 11.9 Å². The summed E-state index contributed by atoms with van der Waals surface area (Å²) in [6, 6.07) is 13.1. The van der Waals surface area contributed by atoms with Crippen molar-refractivity contribution in [3.63, 3.8) is 0 Å². The largest absolute Gasteiger partial charge is 0.493 e. The number of ether oxygens (including phenoxy) is 2. The van der Waals surface area contributed by atoms with E-state index >= 15 is 0 Å². The lowest BCUT2D eigenvalue weighted by Gasteiger charge is -2.27. The molecule has 0 spiro atoms. The van der Waals surface area contributed by atoms with Gasteiger partial charge in [-0.2, -0.15) is 0 Å². The van der Waals surface area contributed by atoms with Crippen molar-refractivity contribution in [2.45, 2.75) is 18.9 Å². The Hall–Kier alpha value is -3.72. The summed E-state index contributed by atoms with van der Waals surface area (Å²) < 4.78 is 24.0. The third-order valence-corrected chi connectivity index (χ3v) is 6.52. The van der Waals surface area contributed by atoms with Crippen molar-refractivity contribution in [3.8, 4) is 11.5 Å². The summed E-state index contributed by atoms with van der Waals surface area (Å²) in [6.07, 6.45) is 0.297. The second-order valence-electron chi connectivity index (χ2n) is 7.68. The first kappa shape index (κ1) is 23.4. The number of benzene rings is 2. The normalized spacial score (nSPS) is 15.5. The van der Waals surface area contributed by atoms with E-state index in [2.05, 4.69) is 0 Å². The Balaban J connectivity index is 1.60. The molecule has 9 heteroatoms. The number of hydrogen-bond donors (Lipinski definition) is 0. The van der Waals surface area contributed by atoms with Crippen LogP contribution in [0.25, 0.3) is 0 Å². The zero-order valence-corrected chi connectivity index (χ0v) is 19.5. The molecule has 1 fully saturated rings. The second kappa shape index (κ2) is 10.0. The molecule has 0 bridgehead atoms. The van der Waals surface area contributed by atoms with E-state index in [1.165, 1.54) is 40.5 Å². The topological polar surface area (TPSA) is 76.2 Å². The van der Waals surface area contributed by atoms with Crippen LogP contribution in [-0.2, 0) is 16.0 Å². The van der Waals surface area contributed by atoms with Crippen molar-refractivity contribution in [3.05, 3.63) is 76.2 Å². The Morgan fingerprint density at radius 1 is 1.09 bits per heavy atom. The molecule has 7 nitrogen and oxygen atoms in total. The molecule has 176 valence electrons. The number of carbonyl (C=O) groups is 3. The highest BCUT2D eigenvalue weighted by Gasteiger charge is 2.44. The van der Waals surface area contributed by atoms with Gasteiger partial charge < -0.3 is 14.4 Å². The Bertz CT molecular complexity index is 1200. The first-order valence-corrected chi connectivity index (χ1v) is 11.5. The molecule has 1 aliphatic rings. The maximum absolute atomic E-state index is 13.3. The molecule has 1 atom stereocenters. The molecule has 0 radical (unpaired) electrons. The molecule has 3 aromatic rings. The molecule has 2 aromatic carbocycles. The first-order chi connectivity index (χ1) is 16.4. The number of carbonyl (C=O) groups excluding carboxylic acids is 3. The maximum atomic E-state index is 13.3. The van der Waals surface area contributed by atoms with Gasteiger partial charge in [0, 0.05) is 6.54 Å². The quantitative estimate of drug-likeness (QED) is 0.455. The Morgan fingerprint density at radius 3 is 2.47 bits per heavy atom. The van der Waals surface area contributed by atoms with Gasteiger partial charge in [-0.3, -0.25) is 14.4 Å². The molecule has 1 saturated heterocycles. The van der Waals surface area contributed by atoms with Crippen LogP contribution < -0.4 is 14.4 Å². The number of rotatable bonds is 8. The van der Waals surface area contributed by atoms with Crippen molar-refractivity contribution in [2.24, 2.45) is 0 Å². The summed E-state index contributed by atoms with van der Waals surface area (Å²) in [4.78, 5) is 42.4. The van der Waals surface area contributed by atoms with Crippen LogP contribution in [0.1, 0.15) is 21.7 Å². The van der Waals surface area contributed by atoms with Crippen LogP contribution in [-0.4, -0.2) is 49.4 Å². The zero-order valence-electron chi connectivity index (χ0n) is 18.7. The van der Waals surface area contributed by atoms with Crippen LogP contribution in [0.3, 0.4) is 0 Å². The highest BCUT2D eigenvalue weighted by Crippen LogP contribution is 2.30. The average Bonchev–Trinajstić information content (AvgIpc) is 3.48. The zero-order chi connectivity index (χ0) is 24.2. The molecule has 4 rings (SSSR count). The summed E-state index contributed by atoms with van der Waals surface area (Å²) >= 11 is 1.27. The van der Waals surface area contributed by atoms with Gasteiger partial charge >= 0.3 is 0 Å². The average molecular weight is 483 g/mol. The summed E-state index contributed by atoms with van der Waals surface area (Å²) in [5.74, 6) is -0.577. The maximum Gasteiger partial charge on any atom is 0.264 e. The molecule has 0 saturated carbocycles. The van der Waals surface area contributed by atoms with E-state index in [0.29, 0.717) is 22.8 Å². The standard InChI is InChI=1S/C25H23FN2O5S/c1-32-20-10-5-16(14-21(20)33-2)11-12-27(25(31)22-4-3-13-34-22)19-15-23(29)28(24(19)30)18-8-6-17(26)7-9-18/h3-10,13-14,19H,11-12,15H2,1-2H3. The Labute approximate surface area is 200 Å². The highest BCUT2D eigenvalue weighted by molar-refractivity contribution is 7.12. The lowest BCUT2D eigenvalue weighted by Crippen LogP contribution is -2.46. The minimum Gasteiger partial charge on any atom is -0.493 e. The second-order valence-corrected chi connectivity index (χ2v) is 8.63. The smallest absolute Gasteiger partial charge is 0.264 e. The summed E-state index contributed by atoms with van der Waals surface area (Å²) in [7, 11) is 3.09. The lowest BCUT2D eigenvalue weighted by molar-refractivity contribution is -0.122. The van der Waals surface area contributed by atoms with E-state index in [-0.39, 0.29) is 24.6 Å². The molecule has 1 aromatic heterocycles. The van der Waals surface area contributed by atoms with Gasteiger partial charge in [0.25, 0.3) is 11.8 Å². The summed E-state index contributed by atoms with van der Waals surface area (Å²) in [5, 5.41) is 1.78. The lowest BCUT2D eigenvalue weighted by atomic mass is 10.1. The number of thiophene rings is 1. The van der Waals surface area contributed by atoms with Gasteiger partial charge in [0.05, 0.1) is 31.2 Å². The predicted molar refractivity (Wildman–Crippen MR) is 126 cm³/mol. The monoisotopic (exact) mass is 482 g/mol. The highest BCUT2D eigenvalue weighted by atomic mass is 32.1. The van der Waals surface area contributed by atoms with Crippen molar-refractivity contribution in [2.75, 3.05) is 25.7 Å². The van der Waals surface area contributed by atoms with E-state index in [9.17, 15) is 18.8 Å². The van der Waals surface area contributed by atoms with E-state index in [0.717, 1.165) is 10.5 Å². The number of imide groups is 1. The molecular formula is C25H23FN2O5S. The Kier molecular flexibility index (Phi) is 6.93. The molecule has 1 unspecified atom stereocenters. The first-order valence-electron chi connectivity index (χ1n) is 10.6. The van der Waals surface area contributed by atoms with Gasteiger partial charge in [0.15, 0.2) is 11.5 Å². The molecule has 0 aliphatic carbocycles. The van der Waals surface area contributed by atoms with Gasteiger partial charge in [-0.1, -0.05) is 12.1 Å². The van der Waals surface area contributed by atoms with Crippen LogP contribution in [0.2, 0.25) is 0 Å². The molecule has 1 aliphatic heterocycles. The SMILES string of the molecule is COc1ccc(CCN(C(=O)c2cccs2)C2CC(=O)N(c3ccc(F)cc3)C2=O)cc1OC. The van der Waals surface area contributed by atoms with Crippen LogP contribution in [0.15, 0.2) is 60.0 Å². The Morgan fingerprint density at radius 2 is 1.82 bits per heavy atom. The van der Waals surface area contributed by atoms with Crippen molar-refractivity contribution in [1.82, 2.24) is 4.90 Å². The fourth-order valence-corrected chi connectivity index (χ4v) is 4.63. The van der Waals surface area contributed by atoms with Crippen LogP contribution >= 0.6 is 11.3 Å². The van der Waals surface area contributed by atoms with Gasteiger partial charge in [0.2, 0.25) is 5.91 Å². The number of hydrogen-bond acceptors (Lipinski definition) is 6. The van der Waals surface area contributed by atoms with Gasteiger partial charge in [-0.15, -0.1) is 11.3 Å². The molecule has 0 N–H and O–H groups in total. The third kappa shape index (κ3) is 4.65.